The van der Waals surface area contributed by atoms with Gasteiger partial charge < -0.3 is 15.6 Å². The van der Waals surface area contributed by atoms with Crippen molar-refractivity contribution in [1.29, 1.82) is 0 Å². The van der Waals surface area contributed by atoms with Gasteiger partial charge in [0.1, 0.15) is 25.1 Å². The minimum absolute atomic E-state index is 0.00822. The molecule has 6 nitrogen and oxygen atoms in total. The van der Waals surface area contributed by atoms with Crippen LogP contribution in [0.4, 0.5) is 0 Å². The second-order valence-corrected chi connectivity index (χ2v) is 4.49. The third-order valence-corrected chi connectivity index (χ3v) is 2.49. The lowest BCUT2D eigenvalue weighted by Gasteiger charge is -2.13. The molecule has 19 heavy (non-hydrogen) atoms. The van der Waals surface area contributed by atoms with Gasteiger partial charge in [-0.1, -0.05) is 23.2 Å². The number of nitrogens with one attached hydrogen (secondary N) is 1. The molecule has 1 atom stereocenters. The second kappa shape index (κ2) is 8.19. The van der Waals surface area contributed by atoms with Crippen molar-refractivity contribution in [3.63, 3.8) is 0 Å². The number of aliphatic hydroxyl groups excluding tert-OH is 1. The van der Waals surface area contributed by atoms with E-state index in [1.54, 1.807) is 18.2 Å². The van der Waals surface area contributed by atoms with Crippen LogP contribution in [0.3, 0.4) is 0 Å². The molecule has 0 saturated carbocycles. The molecule has 8 heteroatoms. The van der Waals surface area contributed by atoms with Gasteiger partial charge in [-0.2, -0.15) is 5.48 Å². The zero-order valence-electron chi connectivity index (χ0n) is 9.94. The molecule has 1 rings (SSSR count). The average Bonchev–Trinajstić information content (AvgIpc) is 2.33. The number of hydrogen-bond acceptors (Lipinski definition) is 5. The normalized spacial score (nSPS) is 12.2. The largest absolute Gasteiger partial charge is 0.489 e. The van der Waals surface area contributed by atoms with Gasteiger partial charge in [0.25, 0.3) is 0 Å². The Kier molecular flexibility index (Phi) is 6.90. The van der Waals surface area contributed by atoms with Crippen LogP contribution in [0.1, 0.15) is 0 Å². The number of benzene rings is 1. The zero-order chi connectivity index (χ0) is 14.3. The molecule has 1 amide bonds. The fourth-order valence-corrected chi connectivity index (χ4v) is 1.58. The number of aliphatic hydroxyl groups is 1. The summed E-state index contributed by atoms with van der Waals surface area (Å²) in [5, 5.41) is 10.4. The first-order valence-electron chi connectivity index (χ1n) is 5.38. The molecule has 0 fully saturated rings. The van der Waals surface area contributed by atoms with Crippen LogP contribution < -0.4 is 16.0 Å². The van der Waals surface area contributed by atoms with Gasteiger partial charge in [0.05, 0.1) is 11.6 Å². The zero-order valence-corrected chi connectivity index (χ0v) is 11.4. The number of carbonyl (C=O) groups is 1. The monoisotopic (exact) mass is 308 g/mol. The van der Waals surface area contributed by atoms with Crippen molar-refractivity contribution in [2.45, 2.75) is 6.10 Å². The Morgan fingerprint density at radius 2 is 2.21 bits per heavy atom. The highest BCUT2D eigenvalue weighted by Gasteiger charge is 2.08. The predicted molar refractivity (Wildman–Crippen MR) is 71.1 cm³/mol. The van der Waals surface area contributed by atoms with E-state index in [1.807, 2.05) is 0 Å². The molecule has 1 aromatic carbocycles. The standard InChI is InChI=1S/C11H14Cl2N2O4/c12-7-1-2-10(9(13)3-7)18-5-8(16)4-15-19-6-11(14)17/h1-3,8,15-16H,4-6H2,(H2,14,17). The molecule has 0 saturated heterocycles. The van der Waals surface area contributed by atoms with Gasteiger partial charge in [-0.05, 0) is 18.2 Å². The summed E-state index contributed by atoms with van der Waals surface area (Å²) in [5.41, 5.74) is 7.25. The number of hydroxylamine groups is 1. The molecule has 0 aliphatic heterocycles. The Morgan fingerprint density at radius 1 is 1.47 bits per heavy atom. The first kappa shape index (κ1) is 16.0. The minimum Gasteiger partial charge on any atom is -0.489 e. The van der Waals surface area contributed by atoms with Crippen LogP contribution in [0.2, 0.25) is 10.0 Å². The van der Waals surface area contributed by atoms with Crippen molar-refractivity contribution in [3.8, 4) is 5.75 Å². The number of rotatable bonds is 8. The molecule has 106 valence electrons. The van der Waals surface area contributed by atoms with Gasteiger partial charge in [-0.15, -0.1) is 0 Å². The Morgan fingerprint density at radius 3 is 2.84 bits per heavy atom. The number of hydrogen-bond donors (Lipinski definition) is 3. The molecule has 0 spiro atoms. The molecule has 0 aliphatic carbocycles. The van der Waals surface area contributed by atoms with Crippen LogP contribution >= 0.6 is 23.2 Å². The Bertz CT molecular complexity index is 431. The molecule has 1 aromatic rings. The van der Waals surface area contributed by atoms with E-state index in [9.17, 15) is 9.90 Å². The van der Waals surface area contributed by atoms with Crippen LogP contribution in [0, 0.1) is 0 Å². The van der Waals surface area contributed by atoms with E-state index in [1.165, 1.54) is 0 Å². The van der Waals surface area contributed by atoms with Crippen molar-refractivity contribution in [1.82, 2.24) is 5.48 Å². The van der Waals surface area contributed by atoms with E-state index in [2.05, 4.69) is 10.3 Å². The summed E-state index contributed by atoms with van der Waals surface area (Å²) in [6.07, 6.45) is -0.834. The van der Waals surface area contributed by atoms with Crippen molar-refractivity contribution < 1.29 is 19.5 Å². The van der Waals surface area contributed by atoms with Crippen molar-refractivity contribution in [2.24, 2.45) is 5.73 Å². The maximum atomic E-state index is 10.4. The van der Waals surface area contributed by atoms with E-state index >= 15 is 0 Å². The number of amides is 1. The number of nitrogens with two attached hydrogens (primary N) is 1. The summed E-state index contributed by atoms with van der Waals surface area (Å²) in [7, 11) is 0. The van der Waals surface area contributed by atoms with E-state index < -0.39 is 12.0 Å². The lowest BCUT2D eigenvalue weighted by molar-refractivity contribution is -0.125. The molecule has 1 unspecified atom stereocenters. The summed E-state index contributed by atoms with van der Waals surface area (Å²) in [6.45, 7) is -0.177. The topological polar surface area (TPSA) is 93.8 Å². The Hall–Kier alpha value is -1.05. The lowest BCUT2D eigenvalue weighted by Crippen LogP contribution is -2.33. The van der Waals surface area contributed by atoms with Crippen LogP contribution in [-0.2, 0) is 9.63 Å². The predicted octanol–water partition coefficient (Wildman–Crippen LogP) is 0.740. The van der Waals surface area contributed by atoms with Gasteiger partial charge >= 0.3 is 0 Å². The summed E-state index contributed by atoms with van der Waals surface area (Å²) in [4.78, 5) is 15.0. The second-order valence-electron chi connectivity index (χ2n) is 3.64. The SMILES string of the molecule is NC(=O)CONCC(O)COc1ccc(Cl)cc1Cl. The number of primary amides is 1. The number of halogens is 2. The molecule has 0 aliphatic rings. The number of ether oxygens (including phenoxy) is 1. The number of carbonyl (C=O) groups excluding carboxylic acids is 1. The van der Waals surface area contributed by atoms with Gasteiger partial charge in [-0.25, -0.2) is 0 Å². The summed E-state index contributed by atoms with van der Waals surface area (Å²) < 4.78 is 5.30. The van der Waals surface area contributed by atoms with Gasteiger partial charge in [0.2, 0.25) is 5.91 Å². The van der Waals surface area contributed by atoms with E-state index in [0.717, 1.165) is 0 Å². The van der Waals surface area contributed by atoms with Crippen LogP contribution in [-0.4, -0.2) is 36.9 Å². The maximum Gasteiger partial charge on any atom is 0.245 e. The molecule has 0 heterocycles. The third kappa shape index (κ3) is 6.60. The van der Waals surface area contributed by atoms with Gasteiger partial charge in [-0.3, -0.25) is 9.63 Å². The first-order chi connectivity index (χ1) is 8.99. The molecule has 0 bridgehead atoms. The van der Waals surface area contributed by atoms with Crippen molar-refractivity contribution in [3.05, 3.63) is 28.2 Å². The maximum absolute atomic E-state index is 10.4. The Balaban J connectivity index is 2.26. The highest BCUT2D eigenvalue weighted by molar-refractivity contribution is 6.35. The van der Waals surface area contributed by atoms with Gasteiger partial charge in [0.15, 0.2) is 0 Å². The lowest BCUT2D eigenvalue weighted by atomic mass is 10.3. The molecular weight excluding hydrogens is 295 g/mol. The quantitative estimate of drug-likeness (QED) is 0.486. The Labute approximate surface area is 120 Å². The highest BCUT2D eigenvalue weighted by atomic mass is 35.5. The van der Waals surface area contributed by atoms with Crippen molar-refractivity contribution >= 4 is 29.1 Å². The molecular formula is C11H14Cl2N2O4. The summed E-state index contributed by atoms with van der Waals surface area (Å²) in [6, 6.07) is 4.77. The third-order valence-electron chi connectivity index (χ3n) is 1.96. The first-order valence-corrected chi connectivity index (χ1v) is 6.13. The minimum atomic E-state index is -0.834. The average molecular weight is 309 g/mol. The van der Waals surface area contributed by atoms with Crippen molar-refractivity contribution in [2.75, 3.05) is 19.8 Å². The molecule has 0 aromatic heterocycles. The van der Waals surface area contributed by atoms with Crippen LogP contribution in [0.25, 0.3) is 0 Å². The van der Waals surface area contributed by atoms with Gasteiger partial charge in [0, 0.05) is 5.02 Å². The highest BCUT2D eigenvalue weighted by Crippen LogP contribution is 2.27. The van der Waals surface area contributed by atoms with E-state index in [0.29, 0.717) is 15.8 Å². The summed E-state index contributed by atoms with van der Waals surface area (Å²) >= 11 is 11.6. The fraction of sp³-hybridized carbons (Fsp3) is 0.364. The fourth-order valence-electron chi connectivity index (χ4n) is 1.11. The molecule has 0 radical (unpaired) electrons. The molecule has 4 N–H and O–H groups in total. The van der Waals surface area contributed by atoms with Crippen LogP contribution in [0.5, 0.6) is 5.75 Å². The van der Waals surface area contributed by atoms with E-state index in [-0.39, 0.29) is 19.8 Å². The van der Waals surface area contributed by atoms with Crippen LogP contribution in [0.15, 0.2) is 18.2 Å². The smallest absolute Gasteiger partial charge is 0.245 e. The summed E-state index contributed by atoms with van der Waals surface area (Å²) in [5.74, 6) is -0.186. The van der Waals surface area contributed by atoms with E-state index in [4.69, 9.17) is 33.7 Å².